The first-order valence-electron chi connectivity index (χ1n) is 2.83. The van der Waals surface area contributed by atoms with Gasteiger partial charge in [0.25, 0.3) is 0 Å². The molecule has 1 unspecified atom stereocenters. The molecule has 9 heavy (non-hydrogen) atoms. The lowest BCUT2D eigenvalue weighted by Crippen LogP contribution is -2.36. The summed E-state index contributed by atoms with van der Waals surface area (Å²) in [7, 11) is 1.91. The third kappa shape index (κ3) is 1.23. The molecule has 0 saturated carbocycles. The van der Waals surface area contributed by atoms with Crippen LogP contribution in [0.4, 0.5) is 0 Å². The summed E-state index contributed by atoms with van der Waals surface area (Å²) in [6, 6.07) is 0. The van der Waals surface area contributed by atoms with E-state index in [9.17, 15) is 0 Å². The molecule has 1 aliphatic heterocycles. The molecule has 4 N–H and O–H groups in total. The molecule has 1 heterocycles. The molecule has 3 nitrogen and oxygen atoms in total. The van der Waals surface area contributed by atoms with Crippen molar-refractivity contribution in [1.29, 1.82) is 0 Å². The smallest absolute Gasteiger partial charge is 0.0976 e. The number of hydrogen-bond acceptors (Lipinski definition) is 3. The van der Waals surface area contributed by atoms with E-state index in [-0.39, 0.29) is 6.17 Å². The second-order valence-corrected chi connectivity index (χ2v) is 2.14. The fraction of sp³-hybridized carbons (Fsp3) is 0.333. The maximum Gasteiger partial charge on any atom is 0.0976 e. The molecule has 50 valence electrons. The van der Waals surface area contributed by atoms with E-state index in [1.54, 1.807) is 6.08 Å². The fourth-order valence-electron chi connectivity index (χ4n) is 0.673. The van der Waals surface area contributed by atoms with E-state index in [0.717, 1.165) is 5.70 Å². The first kappa shape index (κ1) is 6.16. The van der Waals surface area contributed by atoms with Crippen molar-refractivity contribution >= 4 is 0 Å². The minimum atomic E-state index is -0.0602. The molecule has 0 aromatic carbocycles. The van der Waals surface area contributed by atoms with Gasteiger partial charge in [0.15, 0.2) is 0 Å². The number of rotatable bonds is 0. The van der Waals surface area contributed by atoms with E-state index >= 15 is 0 Å². The zero-order valence-corrected chi connectivity index (χ0v) is 5.41. The Kier molecular flexibility index (Phi) is 1.44. The van der Waals surface area contributed by atoms with Gasteiger partial charge >= 0.3 is 0 Å². The minimum Gasteiger partial charge on any atom is -0.399 e. The predicted molar refractivity (Wildman–Crippen MR) is 37.1 cm³/mol. The molecule has 0 aromatic rings. The molecule has 1 aliphatic rings. The summed E-state index contributed by atoms with van der Waals surface area (Å²) in [5.41, 5.74) is 11.8. The number of nitrogens with zero attached hydrogens (tertiary/aromatic N) is 1. The molecule has 0 fully saturated rings. The van der Waals surface area contributed by atoms with Crippen LogP contribution in [-0.4, -0.2) is 18.1 Å². The Balaban J connectivity index is 2.70. The minimum absolute atomic E-state index is 0.0602. The van der Waals surface area contributed by atoms with Crippen molar-refractivity contribution < 1.29 is 0 Å². The van der Waals surface area contributed by atoms with Crippen molar-refractivity contribution in [2.45, 2.75) is 6.17 Å². The SMILES string of the molecule is CN1C=CC(N)=CC1N. The Hall–Kier alpha value is -0.960. The lowest BCUT2D eigenvalue weighted by molar-refractivity contribution is 0.386. The molecule has 1 rings (SSSR count). The normalized spacial score (nSPS) is 26.2. The van der Waals surface area contributed by atoms with Crippen molar-refractivity contribution in [3.8, 4) is 0 Å². The summed E-state index contributed by atoms with van der Waals surface area (Å²) in [6.45, 7) is 0. The molecule has 0 saturated heterocycles. The van der Waals surface area contributed by atoms with Crippen LogP contribution in [-0.2, 0) is 0 Å². The molecule has 0 aliphatic carbocycles. The van der Waals surface area contributed by atoms with Gasteiger partial charge in [0.05, 0.1) is 6.17 Å². The first-order chi connectivity index (χ1) is 4.20. The van der Waals surface area contributed by atoms with Gasteiger partial charge in [-0.05, 0) is 12.2 Å². The number of likely N-dealkylation sites (N-methyl/N-ethyl adjacent to an activating group) is 1. The summed E-state index contributed by atoms with van der Waals surface area (Å²) in [5.74, 6) is 0. The highest BCUT2D eigenvalue weighted by atomic mass is 15.2. The maximum absolute atomic E-state index is 5.59. The summed E-state index contributed by atoms with van der Waals surface area (Å²) in [6.07, 6.45) is 5.43. The lowest BCUT2D eigenvalue weighted by Gasteiger charge is -2.23. The number of nitrogens with two attached hydrogens (primary N) is 2. The van der Waals surface area contributed by atoms with Crippen LogP contribution in [0.25, 0.3) is 0 Å². The molecular weight excluding hydrogens is 114 g/mol. The Morgan fingerprint density at radius 2 is 2.33 bits per heavy atom. The van der Waals surface area contributed by atoms with Crippen LogP contribution >= 0.6 is 0 Å². The summed E-state index contributed by atoms with van der Waals surface area (Å²) < 4.78 is 0. The molecule has 0 radical (unpaired) electrons. The highest BCUT2D eigenvalue weighted by Crippen LogP contribution is 2.02. The average molecular weight is 125 g/mol. The Bertz CT molecular complexity index is 160. The lowest BCUT2D eigenvalue weighted by atomic mass is 10.3. The quantitative estimate of drug-likeness (QED) is 0.462. The van der Waals surface area contributed by atoms with Crippen molar-refractivity contribution in [2.75, 3.05) is 7.05 Å². The third-order valence-corrected chi connectivity index (χ3v) is 1.34. The highest BCUT2D eigenvalue weighted by molar-refractivity contribution is 5.20. The van der Waals surface area contributed by atoms with Gasteiger partial charge in [0, 0.05) is 18.9 Å². The third-order valence-electron chi connectivity index (χ3n) is 1.34. The van der Waals surface area contributed by atoms with Gasteiger partial charge in [-0.1, -0.05) is 0 Å². The molecule has 3 heteroatoms. The van der Waals surface area contributed by atoms with Crippen LogP contribution in [0, 0.1) is 0 Å². The van der Waals surface area contributed by atoms with Crippen LogP contribution in [0.2, 0.25) is 0 Å². The van der Waals surface area contributed by atoms with E-state index in [0.29, 0.717) is 0 Å². The van der Waals surface area contributed by atoms with Crippen LogP contribution < -0.4 is 11.5 Å². The number of hydrogen-bond donors (Lipinski definition) is 2. The van der Waals surface area contributed by atoms with Gasteiger partial charge in [-0.2, -0.15) is 0 Å². The first-order valence-corrected chi connectivity index (χ1v) is 2.83. The molecule has 0 bridgehead atoms. The van der Waals surface area contributed by atoms with E-state index < -0.39 is 0 Å². The van der Waals surface area contributed by atoms with Gasteiger partial charge in [-0.15, -0.1) is 0 Å². The zero-order chi connectivity index (χ0) is 6.85. The van der Waals surface area contributed by atoms with Gasteiger partial charge in [-0.25, -0.2) is 0 Å². The van der Waals surface area contributed by atoms with Crippen molar-refractivity contribution in [3.05, 3.63) is 24.0 Å². The standard InChI is InChI=1S/C6H11N3/c1-9-3-2-5(7)4-6(9)8/h2-4,6H,7-8H2,1H3. The summed E-state index contributed by atoms with van der Waals surface area (Å²) in [5, 5.41) is 0. The molecule has 0 aromatic heterocycles. The zero-order valence-electron chi connectivity index (χ0n) is 5.41. The highest BCUT2D eigenvalue weighted by Gasteiger charge is 2.05. The molecule has 0 amide bonds. The second kappa shape index (κ2) is 2.11. The molecule has 1 atom stereocenters. The largest absolute Gasteiger partial charge is 0.399 e. The maximum atomic E-state index is 5.59. The molecule has 0 spiro atoms. The van der Waals surface area contributed by atoms with E-state index in [2.05, 4.69) is 0 Å². The average Bonchev–Trinajstić information content (AvgIpc) is 1.80. The van der Waals surface area contributed by atoms with E-state index in [1.807, 2.05) is 24.2 Å². The number of allylic oxidation sites excluding steroid dienone is 1. The van der Waals surface area contributed by atoms with Gasteiger partial charge in [0.2, 0.25) is 0 Å². The topological polar surface area (TPSA) is 55.3 Å². The van der Waals surface area contributed by atoms with Crippen LogP contribution in [0.5, 0.6) is 0 Å². The fourth-order valence-corrected chi connectivity index (χ4v) is 0.673. The summed E-state index contributed by atoms with van der Waals surface area (Å²) in [4.78, 5) is 1.89. The van der Waals surface area contributed by atoms with Crippen molar-refractivity contribution in [1.82, 2.24) is 4.90 Å². The van der Waals surface area contributed by atoms with Gasteiger partial charge in [0.1, 0.15) is 0 Å². The van der Waals surface area contributed by atoms with Gasteiger partial charge in [-0.3, -0.25) is 0 Å². The van der Waals surface area contributed by atoms with Gasteiger partial charge < -0.3 is 16.4 Å². The van der Waals surface area contributed by atoms with Crippen LogP contribution in [0.3, 0.4) is 0 Å². The van der Waals surface area contributed by atoms with E-state index in [1.165, 1.54) is 0 Å². The predicted octanol–water partition coefficient (Wildman–Crippen LogP) is -0.427. The molecular formula is C6H11N3. The van der Waals surface area contributed by atoms with Crippen molar-refractivity contribution in [3.63, 3.8) is 0 Å². The van der Waals surface area contributed by atoms with Crippen LogP contribution in [0.15, 0.2) is 24.0 Å². The second-order valence-electron chi connectivity index (χ2n) is 2.14. The summed E-state index contributed by atoms with van der Waals surface area (Å²) >= 11 is 0. The Labute approximate surface area is 54.6 Å². The van der Waals surface area contributed by atoms with Crippen molar-refractivity contribution in [2.24, 2.45) is 11.5 Å². The van der Waals surface area contributed by atoms with Crippen LogP contribution in [0.1, 0.15) is 0 Å². The van der Waals surface area contributed by atoms with E-state index in [4.69, 9.17) is 11.5 Å². The Morgan fingerprint density at radius 1 is 1.67 bits per heavy atom. The Morgan fingerprint density at radius 3 is 2.78 bits per heavy atom. The monoisotopic (exact) mass is 125 g/mol.